The van der Waals surface area contributed by atoms with E-state index in [4.69, 9.17) is 0 Å². The van der Waals surface area contributed by atoms with Gasteiger partial charge in [-0.05, 0) is 34.7 Å². The van der Waals surface area contributed by atoms with Crippen LogP contribution < -0.4 is 0 Å². The fourth-order valence-electron chi connectivity index (χ4n) is 2.23. The lowest BCUT2D eigenvalue weighted by molar-refractivity contribution is 0.0984. The second kappa shape index (κ2) is 5.41. The number of aromatic nitrogens is 1. The summed E-state index contributed by atoms with van der Waals surface area (Å²) in [6, 6.07) is 0. The van der Waals surface area contributed by atoms with E-state index in [-0.39, 0.29) is 6.10 Å². The Bertz CT molecular complexity index is 307. The first-order valence-corrected chi connectivity index (χ1v) is 7.23. The first-order valence-electron chi connectivity index (χ1n) is 5.56. The molecule has 1 aliphatic rings. The number of thiazole rings is 1. The molecule has 1 atom stereocenters. The predicted octanol–water partition coefficient (Wildman–Crippen LogP) is 3.91. The van der Waals surface area contributed by atoms with Gasteiger partial charge in [0.25, 0.3) is 0 Å². The first-order chi connectivity index (χ1) is 7.27. The summed E-state index contributed by atoms with van der Waals surface area (Å²) in [7, 11) is 0. The van der Waals surface area contributed by atoms with E-state index < -0.39 is 0 Å². The Hall–Kier alpha value is 0.0700. The summed E-state index contributed by atoms with van der Waals surface area (Å²) in [5.74, 6) is 0.422. The van der Waals surface area contributed by atoms with Gasteiger partial charge in [-0.1, -0.05) is 25.7 Å². The normalized spacial score (nSPS) is 21.2. The number of aliphatic hydroxyl groups excluding tert-OH is 1. The minimum atomic E-state index is -0.348. The molecule has 0 aromatic carbocycles. The standard InChI is InChI=1S/C11H16BrNOS/c12-9-7-15-11(13-9)10(14)8-5-3-1-2-4-6-8/h7-8,10,14H,1-6H2. The van der Waals surface area contributed by atoms with E-state index in [1.165, 1.54) is 25.7 Å². The zero-order valence-electron chi connectivity index (χ0n) is 8.66. The van der Waals surface area contributed by atoms with Crippen LogP contribution in [0.1, 0.15) is 49.6 Å². The van der Waals surface area contributed by atoms with Crippen LogP contribution in [0.5, 0.6) is 0 Å². The van der Waals surface area contributed by atoms with E-state index in [2.05, 4.69) is 20.9 Å². The average Bonchev–Trinajstić information content (AvgIpc) is 2.53. The summed E-state index contributed by atoms with van der Waals surface area (Å²) in [5, 5.41) is 13.0. The van der Waals surface area contributed by atoms with Gasteiger partial charge in [0.1, 0.15) is 15.7 Å². The zero-order valence-corrected chi connectivity index (χ0v) is 11.1. The minimum Gasteiger partial charge on any atom is -0.386 e. The summed E-state index contributed by atoms with van der Waals surface area (Å²) >= 11 is 4.88. The smallest absolute Gasteiger partial charge is 0.123 e. The fourth-order valence-corrected chi connectivity index (χ4v) is 3.57. The van der Waals surface area contributed by atoms with Gasteiger partial charge in [-0.15, -0.1) is 11.3 Å². The number of aliphatic hydroxyl groups is 1. The SMILES string of the molecule is OC(c1nc(Br)cs1)C1CCCCCC1. The summed E-state index contributed by atoms with van der Waals surface area (Å²) in [5.41, 5.74) is 0. The van der Waals surface area contributed by atoms with Gasteiger partial charge in [-0.3, -0.25) is 0 Å². The van der Waals surface area contributed by atoms with Crippen molar-refractivity contribution >= 4 is 27.3 Å². The fraction of sp³-hybridized carbons (Fsp3) is 0.727. The molecule has 4 heteroatoms. The molecule has 1 aromatic rings. The van der Waals surface area contributed by atoms with Gasteiger partial charge in [-0.2, -0.15) is 0 Å². The molecule has 0 bridgehead atoms. The third kappa shape index (κ3) is 3.02. The summed E-state index contributed by atoms with van der Waals surface area (Å²) in [4.78, 5) is 4.30. The van der Waals surface area contributed by atoms with Crippen LogP contribution in [0.25, 0.3) is 0 Å². The molecular weight excluding hydrogens is 274 g/mol. The molecule has 0 aliphatic heterocycles. The van der Waals surface area contributed by atoms with Crippen LogP contribution in [0.3, 0.4) is 0 Å². The molecule has 1 heterocycles. The lowest BCUT2D eigenvalue weighted by Crippen LogP contribution is -2.11. The maximum atomic E-state index is 10.2. The van der Waals surface area contributed by atoms with Crippen LogP contribution in [0, 0.1) is 5.92 Å². The molecule has 0 saturated heterocycles. The average molecular weight is 290 g/mol. The maximum Gasteiger partial charge on any atom is 0.123 e. The lowest BCUT2D eigenvalue weighted by Gasteiger charge is -2.18. The molecule has 1 saturated carbocycles. The topological polar surface area (TPSA) is 33.1 Å². The van der Waals surface area contributed by atoms with Crippen LogP contribution in [0.4, 0.5) is 0 Å². The Labute approximate surface area is 103 Å². The van der Waals surface area contributed by atoms with Crippen molar-refractivity contribution in [3.05, 3.63) is 15.0 Å². The maximum absolute atomic E-state index is 10.2. The minimum absolute atomic E-state index is 0.348. The molecule has 1 aliphatic carbocycles. The van der Waals surface area contributed by atoms with Crippen LogP contribution in [0.2, 0.25) is 0 Å². The zero-order chi connectivity index (χ0) is 10.7. The number of halogens is 1. The van der Waals surface area contributed by atoms with Gasteiger partial charge < -0.3 is 5.11 Å². The monoisotopic (exact) mass is 289 g/mol. The van der Waals surface area contributed by atoms with Crippen molar-refractivity contribution in [1.82, 2.24) is 4.98 Å². The first kappa shape index (κ1) is 11.6. The van der Waals surface area contributed by atoms with Crippen molar-refractivity contribution in [2.75, 3.05) is 0 Å². The van der Waals surface area contributed by atoms with Crippen LogP contribution in [-0.2, 0) is 0 Å². The molecule has 0 radical (unpaired) electrons. The Morgan fingerprint density at radius 3 is 2.53 bits per heavy atom. The molecule has 2 nitrogen and oxygen atoms in total. The molecule has 1 fully saturated rings. The molecule has 15 heavy (non-hydrogen) atoms. The highest BCUT2D eigenvalue weighted by molar-refractivity contribution is 9.10. The van der Waals surface area contributed by atoms with Gasteiger partial charge in [0.2, 0.25) is 0 Å². The molecule has 1 aromatic heterocycles. The van der Waals surface area contributed by atoms with E-state index in [0.717, 1.165) is 22.5 Å². The lowest BCUT2D eigenvalue weighted by atomic mass is 9.94. The number of nitrogens with zero attached hydrogens (tertiary/aromatic N) is 1. The molecule has 0 spiro atoms. The highest BCUT2D eigenvalue weighted by Gasteiger charge is 2.24. The van der Waals surface area contributed by atoms with Crippen molar-refractivity contribution in [3.8, 4) is 0 Å². The van der Waals surface area contributed by atoms with Crippen LogP contribution >= 0.6 is 27.3 Å². The van der Waals surface area contributed by atoms with Crippen molar-refractivity contribution in [2.45, 2.75) is 44.6 Å². The van der Waals surface area contributed by atoms with Gasteiger partial charge in [0.05, 0.1) is 0 Å². The third-order valence-electron chi connectivity index (χ3n) is 3.09. The molecule has 2 rings (SSSR count). The summed E-state index contributed by atoms with van der Waals surface area (Å²) in [6.45, 7) is 0. The van der Waals surface area contributed by atoms with Crippen LogP contribution in [0.15, 0.2) is 9.98 Å². The predicted molar refractivity (Wildman–Crippen MR) is 66.0 cm³/mol. The second-order valence-corrected chi connectivity index (χ2v) is 5.91. The molecule has 84 valence electrons. The van der Waals surface area contributed by atoms with E-state index in [1.54, 1.807) is 11.3 Å². The third-order valence-corrected chi connectivity index (χ3v) is 4.72. The quantitative estimate of drug-likeness (QED) is 0.838. The van der Waals surface area contributed by atoms with Crippen molar-refractivity contribution in [2.24, 2.45) is 5.92 Å². The Morgan fingerprint density at radius 1 is 1.33 bits per heavy atom. The Balaban J connectivity index is 2.02. The van der Waals surface area contributed by atoms with E-state index in [0.29, 0.717) is 5.92 Å². The Morgan fingerprint density at radius 2 is 2.00 bits per heavy atom. The van der Waals surface area contributed by atoms with E-state index in [9.17, 15) is 5.11 Å². The van der Waals surface area contributed by atoms with Gasteiger partial charge in [-0.25, -0.2) is 4.98 Å². The van der Waals surface area contributed by atoms with Gasteiger partial charge in [0.15, 0.2) is 0 Å². The summed E-state index contributed by atoms with van der Waals surface area (Å²) in [6.07, 6.45) is 7.12. The molecular formula is C11H16BrNOS. The van der Waals surface area contributed by atoms with Gasteiger partial charge in [0, 0.05) is 5.38 Å². The number of hydrogen-bond donors (Lipinski definition) is 1. The van der Waals surface area contributed by atoms with Crippen LogP contribution in [-0.4, -0.2) is 10.1 Å². The molecule has 0 amide bonds. The van der Waals surface area contributed by atoms with Crippen molar-refractivity contribution < 1.29 is 5.11 Å². The van der Waals surface area contributed by atoms with E-state index in [1.807, 2.05) is 5.38 Å². The largest absolute Gasteiger partial charge is 0.386 e. The number of rotatable bonds is 2. The van der Waals surface area contributed by atoms with Gasteiger partial charge >= 0.3 is 0 Å². The Kier molecular flexibility index (Phi) is 4.17. The van der Waals surface area contributed by atoms with Crippen molar-refractivity contribution in [3.63, 3.8) is 0 Å². The highest BCUT2D eigenvalue weighted by atomic mass is 79.9. The van der Waals surface area contributed by atoms with Crippen molar-refractivity contribution in [1.29, 1.82) is 0 Å². The van der Waals surface area contributed by atoms with E-state index >= 15 is 0 Å². The number of hydrogen-bond acceptors (Lipinski definition) is 3. The second-order valence-electron chi connectivity index (χ2n) is 4.20. The molecule has 1 unspecified atom stereocenters. The molecule has 1 N–H and O–H groups in total. The summed E-state index contributed by atoms with van der Waals surface area (Å²) < 4.78 is 0.843. The highest BCUT2D eigenvalue weighted by Crippen LogP contribution is 2.35.